The van der Waals surface area contributed by atoms with Crippen LogP contribution in [0.2, 0.25) is 0 Å². The Balaban J connectivity index is 2.15. The van der Waals surface area contributed by atoms with Gasteiger partial charge in [0.25, 0.3) is 0 Å². The van der Waals surface area contributed by atoms with Crippen LogP contribution < -0.4 is 11.1 Å². The maximum absolute atomic E-state index is 5.71. The second kappa shape index (κ2) is 2.63. The lowest BCUT2D eigenvalue weighted by Crippen LogP contribution is -2.44. The third kappa shape index (κ3) is 0.963. The van der Waals surface area contributed by atoms with E-state index in [2.05, 4.69) is 28.2 Å². The van der Waals surface area contributed by atoms with Crippen molar-refractivity contribution in [3.8, 4) is 0 Å². The third-order valence-electron chi connectivity index (χ3n) is 2.81. The maximum atomic E-state index is 5.71. The fraction of sp³-hybridized carbons (Fsp3) is 0.273. The van der Waals surface area contributed by atoms with Crippen LogP contribution in [0, 0.1) is 5.92 Å². The Morgan fingerprint density at radius 2 is 2.50 bits per heavy atom. The minimum Gasteiger partial charge on any atom is -0.370 e. The molecule has 3 aliphatic rings. The zero-order chi connectivity index (χ0) is 9.54. The van der Waals surface area contributed by atoms with E-state index in [-0.39, 0.29) is 6.04 Å². The summed E-state index contributed by atoms with van der Waals surface area (Å²) in [6.45, 7) is 0. The molecule has 0 aromatic carbocycles. The Kier molecular flexibility index (Phi) is 1.44. The number of nitrogens with one attached hydrogen (secondary N) is 1. The molecule has 0 spiro atoms. The molecular formula is C11H11N3. The van der Waals surface area contributed by atoms with Gasteiger partial charge in [0.2, 0.25) is 0 Å². The number of hydrogen-bond donors (Lipinski definition) is 2. The molecule has 1 aliphatic heterocycles. The molecule has 3 rings (SSSR count). The highest BCUT2D eigenvalue weighted by molar-refractivity contribution is 5.81. The number of rotatable bonds is 0. The molecule has 0 fully saturated rings. The topological polar surface area (TPSA) is 50.4 Å². The summed E-state index contributed by atoms with van der Waals surface area (Å²) in [5.74, 6) is 0.875. The van der Waals surface area contributed by atoms with Crippen molar-refractivity contribution in [3.63, 3.8) is 0 Å². The molecule has 3 heteroatoms. The lowest BCUT2D eigenvalue weighted by molar-refractivity contribution is 0.505. The van der Waals surface area contributed by atoms with Gasteiger partial charge in [-0.1, -0.05) is 12.2 Å². The predicted molar refractivity (Wildman–Crippen MR) is 55.5 cm³/mol. The first kappa shape index (κ1) is 7.65. The predicted octanol–water partition coefficient (Wildman–Crippen LogP) is 0.828. The van der Waals surface area contributed by atoms with Gasteiger partial charge in [-0.05, 0) is 18.6 Å². The van der Waals surface area contributed by atoms with Gasteiger partial charge in [-0.25, -0.2) is 4.99 Å². The van der Waals surface area contributed by atoms with Crippen molar-refractivity contribution in [1.82, 2.24) is 5.32 Å². The van der Waals surface area contributed by atoms with Crippen LogP contribution in [0.15, 0.2) is 46.3 Å². The zero-order valence-corrected chi connectivity index (χ0v) is 7.70. The standard InChI is InChI=1S/C11H11N3/c12-11-13-8-5-1-3-7-4-2-6-9(14-11)10(7)8/h1-3,5,9-10H,6H2,(H3,12,13,14). The molecule has 1 heterocycles. The molecule has 3 N–H and O–H groups in total. The van der Waals surface area contributed by atoms with Crippen molar-refractivity contribution in [1.29, 1.82) is 0 Å². The molecule has 0 radical (unpaired) electrons. The van der Waals surface area contributed by atoms with Gasteiger partial charge in [0, 0.05) is 11.3 Å². The minimum atomic E-state index is 0.267. The average molecular weight is 185 g/mol. The molecule has 0 amide bonds. The molecule has 2 aliphatic carbocycles. The quantitative estimate of drug-likeness (QED) is 0.549. The van der Waals surface area contributed by atoms with Crippen LogP contribution >= 0.6 is 0 Å². The van der Waals surface area contributed by atoms with Crippen molar-refractivity contribution in [3.05, 3.63) is 41.3 Å². The fourth-order valence-corrected chi connectivity index (χ4v) is 2.22. The van der Waals surface area contributed by atoms with E-state index >= 15 is 0 Å². The molecule has 0 saturated heterocycles. The summed E-state index contributed by atoms with van der Waals surface area (Å²) in [6, 6.07) is 0.267. The highest BCUT2D eigenvalue weighted by Crippen LogP contribution is 2.34. The molecular weight excluding hydrogens is 174 g/mol. The molecule has 0 aromatic heterocycles. The minimum absolute atomic E-state index is 0.267. The second-order valence-corrected chi connectivity index (χ2v) is 3.70. The first-order valence-electron chi connectivity index (χ1n) is 4.78. The lowest BCUT2D eigenvalue weighted by Gasteiger charge is -2.34. The van der Waals surface area contributed by atoms with Crippen molar-refractivity contribution in [2.75, 3.05) is 0 Å². The van der Waals surface area contributed by atoms with Gasteiger partial charge in [0.15, 0.2) is 5.96 Å². The second-order valence-electron chi connectivity index (χ2n) is 3.70. The Morgan fingerprint density at radius 1 is 1.57 bits per heavy atom. The molecule has 2 atom stereocenters. The Morgan fingerprint density at radius 3 is 3.43 bits per heavy atom. The van der Waals surface area contributed by atoms with E-state index in [0.717, 1.165) is 12.1 Å². The van der Waals surface area contributed by atoms with E-state index in [0.29, 0.717) is 11.9 Å². The summed E-state index contributed by atoms with van der Waals surface area (Å²) in [4.78, 5) is 4.40. The molecule has 0 bridgehead atoms. The highest BCUT2D eigenvalue weighted by Gasteiger charge is 2.33. The summed E-state index contributed by atoms with van der Waals surface area (Å²) in [5.41, 5.74) is 11.4. The van der Waals surface area contributed by atoms with Gasteiger partial charge < -0.3 is 11.1 Å². The van der Waals surface area contributed by atoms with E-state index in [1.54, 1.807) is 0 Å². The Labute approximate surface area is 82.4 Å². The monoisotopic (exact) mass is 185 g/mol. The Hall–Kier alpha value is -1.73. The average Bonchev–Trinajstić information content (AvgIpc) is 2.18. The van der Waals surface area contributed by atoms with E-state index in [4.69, 9.17) is 5.73 Å². The van der Waals surface area contributed by atoms with Gasteiger partial charge in [0.05, 0.1) is 12.0 Å². The van der Waals surface area contributed by atoms with Crippen LogP contribution in [0.5, 0.6) is 0 Å². The molecule has 70 valence electrons. The molecule has 0 saturated carbocycles. The summed E-state index contributed by atoms with van der Waals surface area (Å²) in [7, 11) is 0. The maximum Gasteiger partial charge on any atom is 0.193 e. The number of nitrogens with two attached hydrogens (primary N) is 1. The van der Waals surface area contributed by atoms with Crippen LogP contribution in [0.3, 0.4) is 0 Å². The normalized spacial score (nSPS) is 32.4. The van der Waals surface area contributed by atoms with Crippen molar-refractivity contribution >= 4 is 5.96 Å². The van der Waals surface area contributed by atoms with E-state index < -0.39 is 0 Å². The van der Waals surface area contributed by atoms with Gasteiger partial charge in [-0.15, -0.1) is 5.73 Å². The smallest absolute Gasteiger partial charge is 0.193 e. The van der Waals surface area contributed by atoms with E-state index in [1.165, 1.54) is 5.57 Å². The van der Waals surface area contributed by atoms with Crippen LogP contribution in [0.1, 0.15) is 6.42 Å². The summed E-state index contributed by atoms with van der Waals surface area (Å²) in [6.07, 6.45) is 9.16. The number of nitrogens with zero attached hydrogens (tertiary/aromatic N) is 1. The zero-order valence-electron chi connectivity index (χ0n) is 7.70. The van der Waals surface area contributed by atoms with E-state index in [1.807, 2.05) is 12.2 Å². The van der Waals surface area contributed by atoms with Crippen molar-refractivity contribution < 1.29 is 0 Å². The van der Waals surface area contributed by atoms with Crippen LogP contribution in [0.25, 0.3) is 0 Å². The largest absolute Gasteiger partial charge is 0.370 e. The number of guanidine groups is 1. The SMILES string of the molecule is NC1=NC2CC=C=C3C=CC=C(N1)C32. The Bertz CT molecular complexity index is 433. The van der Waals surface area contributed by atoms with Crippen LogP contribution in [-0.2, 0) is 0 Å². The van der Waals surface area contributed by atoms with Crippen molar-refractivity contribution in [2.45, 2.75) is 12.5 Å². The summed E-state index contributed by atoms with van der Waals surface area (Å²) < 4.78 is 0. The van der Waals surface area contributed by atoms with E-state index in [9.17, 15) is 0 Å². The van der Waals surface area contributed by atoms with Crippen LogP contribution in [-0.4, -0.2) is 12.0 Å². The first-order valence-corrected chi connectivity index (χ1v) is 4.78. The van der Waals surface area contributed by atoms with Gasteiger partial charge in [0.1, 0.15) is 0 Å². The number of aliphatic imine (C=N–C) groups is 1. The molecule has 3 nitrogen and oxygen atoms in total. The molecule has 2 unspecified atom stereocenters. The van der Waals surface area contributed by atoms with Crippen molar-refractivity contribution in [2.24, 2.45) is 16.6 Å². The van der Waals surface area contributed by atoms with Gasteiger partial charge >= 0.3 is 0 Å². The highest BCUT2D eigenvalue weighted by atomic mass is 15.1. The van der Waals surface area contributed by atoms with Gasteiger partial charge in [-0.2, -0.15) is 0 Å². The van der Waals surface area contributed by atoms with Crippen LogP contribution in [0.4, 0.5) is 0 Å². The third-order valence-corrected chi connectivity index (χ3v) is 2.81. The summed E-state index contributed by atoms with van der Waals surface area (Å²) >= 11 is 0. The summed E-state index contributed by atoms with van der Waals surface area (Å²) in [5, 5.41) is 3.11. The fourth-order valence-electron chi connectivity index (χ4n) is 2.22. The number of hydrogen-bond acceptors (Lipinski definition) is 3. The first-order chi connectivity index (χ1) is 6.84. The number of allylic oxidation sites excluding steroid dienone is 3. The lowest BCUT2D eigenvalue weighted by atomic mass is 9.81. The molecule has 0 aromatic rings. The van der Waals surface area contributed by atoms with Gasteiger partial charge in [-0.3, -0.25) is 0 Å². The molecule has 14 heavy (non-hydrogen) atoms.